The number of para-hydroxylation sites is 1. The van der Waals surface area contributed by atoms with Crippen molar-refractivity contribution in [3.8, 4) is 5.75 Å². The molecule has 0 saturated heterocycles. The van der Waals surface area contributed by atoms with Crippen LogP contribution in [0.3, 0.4) is 0 Å². The van der Waals surface area contributed by atoms with Gasteiger partial charge in [-0.15, -0.1) is 0 Å². The summed E-state index contributed by atoms with van der Waals surface area (Å²) in [5.74, 6) is -0.433. The van der Waals surface area contributed by atoms with Gasteiger partial charge in [0.15, 0.2) is 6.10 Å². The van der Waals surface area contributed by atoms with E-state index in [0.717, 1.165) is 16.7 Å². The number of rotatable bonds is 6. The molecule has 118 valence electrons. The second kappa shape index (κ2) is 7.94. The third-order valence-corrected chi connectivity index (χ3v) is 3.20. The van der Waals surface area contributed by atoms with Crippen LogP contribution in [0.25, 0.3) is 12.2 Å². The van der Waals surface area contributed by atoms with Crippen molar-refractivity contribution in [2.45, 2.75) is 20.0 Å². The number of ether oxygens (including phenoxy) is 1. The van der Waals surface area contributed by atoms with Crippen LogP contribution in [0.2, 0.25) is 0 Å². The Morgan fingerprint density at radius 1 is 1.22 bits per heavy atom. The molecule has 1 heterocycles. The molecule has 4 nitrogen and oxygen atoms in total. The van der Waals surface area contributed by atoms with Crippen molar-refractivity contribution in [3.05, 3.63) is 71.6 Å². The Morgan fingerprint density at radius 2 is 1.91 bits per heavy atom. The molecule has 4 heteroatoms. The summed E-state index contributed by atoms with van der Waals surface area (Å²) in [6.45, 7) is 3.49. The molecule has 0 amide bonds. The number of aromatic nitrogens is 1. The minimum Gasteiger partial charge on any atom is -0.479 e. The number of allylic oxidation sites excluding steroid dienone is 2. The lowest BCUT2D eigenvalue weighted by atomic mass is 10.1. The fourth-order valence-corrected chi connectivity index (χ4v) is 1.94. The van der Waals surface area contributed by atoms with E-state index in [1.54, 1.807) is 18.5 Å². The van der Waals surface area contributed by atoms with E-state index < -0.39 is 12.1 Å². The zero-order valence-corrected chi connectivity index (χ0v) is 13.1. The number of carbonyl (C=O) groups is 1. The lowest BCUT2D eigenvalue weighted by Gasteiger charge is -2.12. The fourth-order valence-electron chi connectivity index (χ4n) is 1.94. The highest BCUT2D eigenvalue weighted by molar-refractivity contribution is 5.73. The van der Waals surface area contributed by atoms with Crippen molar-refractivity contribution in [1.82, 2.24) is 4.98 Å². The molecule has 0 aliphatic rings. The predicted molar refractivity (Wildman–Crippen MR) is 91.1 cm³/mol. The number of carboxylic acids is 1. The van der Waals surface area contributed by atoms with E-state index in [1.165, 1.54) is 6.92 Å². The van der Waals surface area contributed by atoms with Gasteiger partial charge in [-0.1, -0.05) is 35.9 Å². The SMILES string of the molecule is CC(/C=C/c1ccncc1)=C\c1ccccc1OC(C)C(=O)O. The van der Waals surface area contributed by atoms with Gasteiger partial charge in [0.05, 0.1) is 0 Å². The fraction of sp³-hybridized carbons (Fsp3) is 0.158. The first kappa shape index (κ1) is 16.5. The van der Waals surface area contributed by atoms with Crippen molar-refractivity contribution in [3.63, 3.8) is 0 Å². The monoisotopic (exact) mass is 309 g/mol. The highest BCUT2D eigenvalue weighted by atomic mass is 16.5. The molecule has 1 atom stereocenters. The molecule has 0 fully saturated rings. The summed E-state index contributed by atoms with van der Waals surface area (Å²) in [6.07, 6.45) is 8.55. The van der Waals surface area contributed by atoms with E-state index in [2.05, 4.69) is 4.98 Å². The van der Waals surface area contributed by atoms with Gasteiger partial charge < -0.3 is 9.84 Å². The lowest BCUT2D eigenvalue weighted by Crippen LogP contribution is -2.23. The number of benzene rings is 1. The molecule has 0 saturated carbocycles. The van der Waals surface area contributed by atoms with Gasteiger partial charge in [0, 0.05) is 18.0 Å². The van der Waals surface area contributed by atoms with E-state index in [9.17, 15) is 4.79 Å². The average Bonchev–Trinajstić information content (AvgIpc) is 2.55. The second-order valence-corrected chi connectivity index (χ2v) is 5.14. The summed E-state index contributed by atoms with van der Waals surface area (Å²) in [7, 11) is 0. The number of aliphatic carboxylic acids is 1. The molecule has 0 aliphatic heterocycles. The number of nitrogens with zero attached hydrogens (tertiary/aromatic N) is 1. The third kappa shape index (κ3) is 5.11. The van der Waals surface area contributed by atoms with Crippen molar-refractivity contribution in [2.24, 2.45) is 0 Å². The van der Waals surface area contributed by atoms with Crippen LogP contribution in [0.1, 0.15) is 25.0 Å². The molecule has 1 aromatic heterocycles. The summed E-state index contributed by atoms with van der Waals surface area (Å²) in [4.78, 5) is 14.9. The lowest BCUT2D eigenvalue weighted by molar-refractivity contribution is -0.144. The van der Waals surface area contributed by atoms with Crippen LogP contribution < -0.4 is 4.74 Å². The Labute approximate surface area is 135 Å². The molecule has 0 aliphatic carbocycles. The molecule has 1 unspecified atom stereocenters. The van der Waals surface area contributed by atoms with E-state index in [-0.39, 0.29) is 0 Å². The van der Waals surface area contributed by atoms with Gasteiger partial charge in [-0.05, 0) is 43.7 Å². The molecule has 0 bridgehead atoms. The van der Waals surface area contributed by atoms with Gasteiger partial charge in [-0.2, -0.15) is 0 Å². The van der Waals surface area contributed by atoms with Gasteiger partial charge in [-0.3, -0.25) is 4.98 Å². The van der Waals surface area contributed by atoms with Crippen LogP contribution in [0.5, 0.6) is 5.75 Å². The summed E-state index contributed by atoms with van der Waals surface area (Å²) in [5, 5.41) is 8.97. The summed E-state index contributed by atoms with van der Waals surface area (Å²) >= 11 is 0. The van der Waals surface area contributed by atoms with Crippen LogP contribution in [0.15, 0.2) is 60.4 Å². The van der Waals surface area contributed by atoms with Crippen molar-refractivity contribution in [1.29, 1.82) is 0 Å². The Bertz CT molecular complexity index is 720. The Morgan fingerprint density at radius 3 is 2.61 bits per heavy atom. The quantitative estimate of drug-likeness (QED) is 0.818. The van der Waals surface area contributed by atoms with Crippen LogP contribution in [-0.2, 0) is 4.79 Å². The Balaban J connectivity index is 2.18. The molecular weight excluding hydrogens is 290 g/mol. The second-order valence-electron chi connectivity index (χ2n) is 5.14. The minimum atomic E-state index is -0.988. The zero-order valence-electron chi connectivity index (χ0n) is 13.1. The summed E-state index contributed by atoms with van der Waals surface area (Å²) in [6, 6.07) is 11.2. The molecule has 2 rings (SSSR count). The Kier molecular flexibility index (Phi) is 5.69. The summed E-state index contributed by atoms with van der Waals surface area (Å²) in [5.41, 5.74) is 2.94. The number of hydrogen-bond acceptors (Lipinski definition) is 3. The zero-order chi connectivity index (χ0) is 16.7. The maximum atomic E-state index is 10.9. The van der Waals surface area contributed by atoms with Crippen LogP contribution in [0.4, 0.5) is 0 Å². The smallest absolute Gasteiger partial charge is 0.344 e. The molecule has 1 aromatic carbocycles. The normalized spacial score (nSPS) is 13.0. The highest BCUT2D eigenvalue weighted by Gasteiger charge is 2.13. The standard InChI is InChI=1S/C19H19NO3/c1-14(7-8-16-9-11-20-12-10-16)13-17-5-3-4-6-18(17)23-15(2)19(21)22/h3-13,15H,1-2H3,(H,21,22)/b8-7+,14-13+. The van der Waals surface area contributed by atoms with E-state index >= 15 is 0 Å². The molecule has 2 aromatic rings. The Hall–Kier alpha value is -2.88. The first-order valence-electron chi connectivity index (χ1n) is 7.31. The number of carboxylic acid groups (broad SMARTS) is 1. The maximum Gasteiger partial charge on any atom is 0.344 e. The van der Waals surface area contributed by atoms with Gasteiger partial charge >= 0.3 is 5.97 Å². The largest absolute Gasteiger partial charge is 0.479 e. The van der Waals surface area contributed by atoms with E-state index in [4.69, 9.17) is 9.84 Å². The molecule has 0 radical (unpaired) electrons. The predicted octanol–water partition coefficient (Wildman–Crippen LogP) is 4.05. The van der Waals surface area contributed by atoms with E-state index in [1.807, 2.05) is 55.5 Å². The van der Waals surface area contributed by atoms with Crippen molar-refractivity contribution in [2.75, 3.05) is 0 Å². The number of hydrogen-bond donors (Lipinski definition) is 1. The van der Waals surface area contributed by atoms with Gasteiger partial charge in [0.2, 0.25) is 0 Å². The van der Waals surface area contributed by atoms with Crippen LogP contribution >= 0.6 is 0 Å². The topological polar surface area (TPSA) is 59.4 Å². The van der Waals surface area contributed by atoms with Crippen molar-refractivity contribution >= 4 is 18.1 Å². The van der Waals surface area contributed by atoms with Crippen LogP contribution in [0, 0.1) is 0 Å². The number of pyridine rings is 1. The molecule has 1 N–H and O–H groups in total. The third-order valence-electron chi connectivity index (χ3n) is 3.20. The average molecular weight is 309 g/mol. The van der Waals surface area contributed by atoms with Gasteiger partial charge in [0.1, 0.15) is 5.75 Å². The molecule has 23 heavy (non-hydrogen) atoms. The van der Waals surface area contributed by atoms with Crippen molar-refractivity contribution < 1.29 is 14.6 Å². The summed E-state index contributed by atoms with van der Waals surface area (Å²) < 4.78 is 5.49. The van der Waals surface area contributed by atoms with E-state index in [0.29, 0.717) is 5.75 Å². The molecular formula is C19H19NO3. The first-order chi connectivity index (χ1) is 11.1. The highest BCUT2D eigenvalue weighted by Crippen LogP contribution is 2.22. The molecule has 0 spiro atoms. The van der Waals surface area contributed by atoms with Gasteiger partial charge in [-0.25, -0.2) is 4.79 Å². The van der Waals surface area contributed by atoms with Crippen LogP contribution in [-0.4, -0.2) is 22.2 Å². The minimum absolute atomic E-state index is 0.555. The first-order valence-corrected chi connectivity index (χ1v) is 7.31. The maximum absolute atomic E-state index is 10.9. The van der Waals surface area contributed by atoms with Gasteiger partial charge in [0.25, 0.3) is 0 Å².